The van der Waals surface area contributed by atoms with E-state index in [2.05, 4.69) is 31.5 Å². The number of nitrogen functional groups attached to an aromatic ring is 1. The van der Waals surface area contributed by atoms with Crippen molar-refractivity contribution in [3.05, 3.63) is 22.2 Å². The Labute approximate surface area is 126 Å². The minimum Gasteiger partial charge on any atom is -0.398 e. The van der Waals surface area contributed by atoms with E-state index < -0.39 is 0 Å². The van der Waals surface area contributed by atoms with E-state index in [4.69, 9.17) is 5.73 Å². The van der Waals surface area contributed by atoms with E-state index in [-0.39, 0.29) is 0 Å². The molecule has 1 saturated carbocycles. The van der Waals surface area contributed by atoms with Gasteiger partial charge in [-0.25, -0.2) is 4.68 Å². The molecule has 0 bridgehead atoms. The van der Waals surface area contributed by atoms with Gasteiger partial charge in [0.2, 0.25) is 0 Å². The summed E-state index contributed by atoms with van der Waals surface area (Å²) in [5, 5.41) is 12.1. The van der Waals surface area contributed by atoms with Gasteiger partial charge in [0.05, 0.1) is 0 Å². The van der Waals surface area contributed by atoms with E-state index in [0.717, 1.165) is 46.0 Å². The van der Waals surface area contributed by atoms with Gasteiger partial charge in [0, 0.05) is 22.3 Å². The monoisotopic (exact) mass is 335 g/mol. The lowest BCUT2D eigenvalue weighted by Gasteiger charge is -2.10. The normalized spacial score (nSPS) is 14.7. The second-order valence-corrected chi connectivity index (χ2v) is 6.39. The number of halogens is 1. The highest BCUT2D eigenvalue weighted by Crippen LogP contribution is 2.34. The number of nitrogens with two attached hydrogens (primary N) is 1. The lowest BCUT2D eigenvalue weighted by atomic mass is 10.1. The minimum atomic E-state index is 0.752. The fourth-order valence-corrected chi connectivity index (χ4v) is 2.89. The van der Waals surface area contributed by atoms with Gasteiger partial charge in [-0.3, -0.25) is 0 Å². The van der Waals surface area contributed by atoms with Crippen molar-refractivity contribution in [2.45, 2.75) is 39.2 Å². The maximum atomic E-state index is 6.02. The number of aromatic nitrogens is 4. The van der Waals surface area contributed by atoms with Crippen LogP contribution in [-0.2, 0) is 6.54 Å². The molecular weight excluding hydrogens is 318 g/mol. The highest BCUT2D eigenvalue weighted by molar-refractivity contribution is 9.10. The van der Waals surface area contributed by atoms with Gasteiger partial charge in [0.25, 0.3) is 0 Å². The maximum absolute atomic E-state index is 6.02. The summed E-state index contributed by atoms with van der Waals surface area (Å²) in [7, 11) is 0. The molecule has 0 radical (unpaired) electrons. The van der Waals surface area contributed by atoms with Crippen LogP contribution >= 0.6 is 15.9 Å². The number of anilines is 1. The van der Waals surface area contributed by atoms with Gasteiger partial charge < -0.3 is 5.73 Å². The third kappa shape index (κ3) is 2.85. The Morgan fingerprint density at radius 1 is 1.40 bits per heavy atom. The molecule has 0 amide bonds. The SMILES string of the molecule is Cc1c(N)cc(Br)cc1-c1nnnn1CCCC1CC1. The Hall–Kier alpha value is -1.43. The fraction of sp³-hybridized carbons (Fsp3) is 0.500. The third-order valence-corrected chi connectivity index (χ3v) is 4.32. The Bertz CT molecular complexity index is 618. The molecule has 1 fully saturated rings. The molecule has 1 aliphatic carbocycles. The van der Waals surface area contributed by atoms with Crippen LogP contribution in [0, 0.1) is 12.8 Å². The van der Waals surface area contributed by atoms with Gasteiger partial charge in [0.1, 0.15) is 0 Å². The van der Waals surface area contributed by atoms with Crippen LogP contribution in [0.15, 0.2) is 16.6 Å². The van der Waals surface area contributed by atoms with Gasteiger partial charge in [-0.1, -0.05) is 28.8 Å². The summed E-state index contributed by atoms with van der Waals surface area (Å²) in [6.45, 7) is 2.87. The molecule has 2 N–H and O–H groups in total. The van der Waals surface area contributed by atoms with Crippen molar-refractivity contribution >= 4 is 21.6 Å². The van der Waals surface area contributed by atoms with Crippen molar-refractivity contribution in [3.8, 4) is 11.4 Å². The molecule has 2 aromatic rings. The molecule has 3 rings (SSSR count). The van der Waals surface area contributed by atoms with Crippen LogP contribution in [-0.4, -0.2) is 20.2 Å². The predicted molar refractivity (Wildman–Crippen MR) is 82.1 cm³/mol. The molecule has 0 aliphatic heterocycles. The second kappa shape index (κ2) is 5.52. The molecule has 6 heteroatoms. The van der Waals surface area contributed by atoms with Crippen molar-refractivity contribution < 1.29 is 0 Å². The first-order chi connectivity index (χ1) is 9.65. The Morgan fingerprint density at radius 3 is 2.95 bits per heavy atom. The molecule has 0 unspecified atom stereocenters. The second-order valence-electron chi connectivity index (χ2n) is 5.48. The van der Waals surface area contributed by atoms with Crippen molar-refractivity contribution in [2.24, 2.45) is 5.92 Å². The van der Waals surface area contributed by atoms with Crippen molar-refractivity contribution in [3.63, 3.8) is 0 Å². The molecule has 1 aromatic heterocycles. The average Bonchev–Trinajstić information content (AvgIpc) is 3.11. The summed E-state index contributed by atoms with van der Waals surface area (Å²) in [6, 6.07) is 3.93. The topological polar surface area (TPSA) is 69.6 Å². The van der Waals surface area contributed by atoms with Crippen molar-refractivity contribution in [1.82, 2.24) is 20.2 Å². The van der Waals surface area contributed by atoms with E-state index in [1.54, 1.807) is 0 Å². The highest BCUT2D eigenvalue weighted by Gasteiger charge is 2.21. The molecule has 0 spiro atoms. The number of rotatable bonds is 5. The molecule has 1 aliphatic rings. The number of nitrogens with zero attached hydrogens (tertiary/aromatic N) is 4. The largest absolute Gasteiger partial charge is 0.398 e. The third-order valence-electron chi connectivity index (χ3n) is 3.86. The number of aryl methyl sites for hydroxylation is 1. The Kier molecular flexibility index (Phi) is 3.74. The maximum Gasteiger partial charge on any atom is 0.182 e. The molecule has 0 saturated heterocycles. The summed E-state index contributed by atoms with van der Waals surface area (Å²) < 4.78 is 2.83. The van der Waals surface area contributed by atoms with E-state index in [9.17, 15) is 0 Å². The summed E-state index contributed by atoms with van der Waals surface area (Å²) in [4.78, 5) is 0. The first-order valence-electron chi connectivity index (χ1n) is 6.97. The van der Waals surface area contributed by atoms with E-state index in [0.29, 0.717) is 0 Å². The van der Waals surface area contributed by atoms with Crippen LogP contribution in [0.4, 0.5) is 5.69 Å². The van der Waals surface area contributed by atoms with E-state index in [1.165, 1.54) is 19.3 Å². The summed E-state index contributed by atoms with van der Waals surface area (Å²) >= 11 is 3.48. The lowest BCUT2D eigenvalue weighted by molar-refractivity contribution is 0.526. The lowest BCUT2D eigenvalue weighted by Crippen LogP contribution is -2.05. The molecular formula is C14H18BrN5. The summed E-state index contributed by atoms with van der Waals surface area (Å²) in [5.41, 5.74) is 8.78. The van der Waals surface area contributed by atoms with Gasteiger partial charge in [-0.2, -0.15) is 0 Å². The zero-order valence-electron chi connectivity index (χ0n) is 11.5. The molecule has 106 valence electrons. The fourth-order valence-electron chi connectivity index (χ4n) is 2.42. The molecule has 5 nitrogen and oxygen atoms in total. The molecule has 20 heavy (non-hydrogen) atoms. The van der Waals surface area contributed by atoms with Crippen LogP contribution in [0.2, 0.25) is 0 Å². The Balaban J connectivity index is 1.84. The predicted octanol–water partition coefficient (Wildman–Crippen LogP) is 3.18. The van der Waals surface area contributed by atoms with E-state index >= 15 is 0 Å². The van der Waals surface area contributed by atoms with Gasteiger partial charge >= 0.3 is 0 Å². The summed E-state index contributed by atoms with van der Waals surface area (Å²) in [5.74, 6) is 1.74. The average molecular weight is 336 g/mol. The molecule has 0 atom stereocenters. The van der Waals surface area contributed by atoms with Crippen molar-refractivity contribution in [1.29, 1.82) is 0 Å². The number of tetrazole rings is 1. The first-order valence-corrected chi connectivity index (χ1v) is 7.76. The Morgan fingerprint density at radius 2 is 2.20 bits per heavy atom. The summed E-state index contributed by atoms with van der Waals surface area (Å²) in [6.07, 6.45) is 5.19. The number of hydrogen-bond acceptors (Lipinski definition) is 4. The number of hydrogen-bond donors (Lipinski definition) is 1. The number of benzene rings is 1. The van der Waals surface area contributed by atoms with Gasteiger partial charge in [0.15, 0.2) is 5.82 Å². The van der Waals surface area contributed by atoms with Crippen LogP contribution < -0.4 is 5.73 Å². The van der Waals surface area contributed by atoms with Crippen molar-refractivity contribution in [2.75, 3.05) is 5.73 Å². The zero-order chi connectivity index (χ0) is 14.1. The first kappa shape index (κ1) is 13.5. The minimum absolute atomic E-state index is 0.752. The van der Waals surface area contributed by atoms with Gasteiger partial charge in [-0.15, -0.1) is 5.10 Å². The molecule has 1 aromatic carbocycles. The zero-order valence-corrected chi connectivity index (χ0v) is 13.1. The van der Waals surface area contributed by atoms with Crippen LogP contribution in [0.1, 0.15) is 31.2 Å². The standard InChI is InChI=1S/C14H18BrN5/c1-9-12(7-11(15)8-13(9)16)14-17-18-19-20(14)6-2-3-10-4-5-10/h7-8,10H,2-6,16H2,1H3. The molecule has 1 heterocycles. The smallest absolute Gasteiger partial charge is 0.182 e. The van der Waals surface area contributed by atoms with E-state index in [1.807, 2.05) is 23.7 Å². The highest BCUT2D eigenvalue weighted by atomic mass is 79.9. The van der Waals surface area contributed by atoms with Crippen LogP contribution in [0.3, 0.4) is 0 Å². The van der Waals surface area contributed by atoms with Crippen LogP contribution in [0.25, 0.3) is 11.4 Å². The van der Waals surface area contributed by atoms with Gasteiger partial charge in [-0.05, 0) is 53.8 Å². The quantitative estimate of drug-likeness (QED) is 0.852. The van der Waals surface area contributed by atoms with Crippen LogP contribution in [0.5, 0.6) is 0 Å².